The third-order valence-electron chi connectivity index (χ3n) is 4.80. The number of furan rings is 1. The number of amides is 1. The number of likely N-dealkylation sites (tertiary alicyclic amines) is 1. The van der Waals surface area contributed by atoms with Gasteiger partial charge >= 0.3 is 0 Å². The van der Waals surface area contributed by atoms with Crippen LogP contribution in [0.25, 0.3) is 11.0 Å². The average Bonchev–Trinajstić information content (AvgIpc) is 3.33. The van der Waals surface area contributed by atoms with E-state index in [1.807, 2.05) is 0 Å². The number of halogens is 1. The summed E-state index contributed by atoms with van der Waals surface area (Å²) in [6.07, 6.45) is 3.79. The van der Waals surface area contributed by atoms with Gasteiger partial charge in [-0.25, -0.2) is 4.39 Å². The number of nitrogen functional groups attached to an aromatic ring is 1. The van der Waals surface area contributed by atoms with Gasteiger partial charge in [-0.1, -0.05) is 0 Å². The minimum absolute atomic E-state index is 0.0632. The van der Waals surface area contributed by atoms with Gasteiger partial charge in [-0.2, -0.15) is 5.10 Å². The number of carbonyl (C=O) groups is 1. The number of fused-ring (bicyclic) bond motifs is 1. The molecule has 8 heteroatoms. The second-order valence-electron chi connectivity index (χ2n) is 6.46. The average molecular weight is 358 g/mol. The van der Waals surface area contributed by atoms with E-state index >= 15 is 0 Å². The topological polar surface area (TPSA) is 86.5 Å². The van der Waals surface area contributed by atoms with Crippen LogP contribution in [0.1, 0.15) is 16.8 Å². The Hall–Kier alpha value is -2.87. The number of nitrogens with two attached hydrogens (primary N) is 1. The number of carbonyl (C=O) groups excluding carboxylic acids is 1. The number of rotatable bonds is 4. The van der Waals surface area contributed by atoms with E-state index in [9.17, 15) is 9.18 Å². The lowest BCUT2D eigenvalue weighted by atomic mass is 10.1. The van der Waals surface area contributed by atoms with Crippen molar-refractivity contribution in [2.75, 3.05) is 19.4 Å². The summed E-state index contributed by atoms with van der Waals surface area (Å²) >= 11 is 0. The van der Waals surface area contributed by atoms with Crippen molar-refractivity contribution in [2.24, 2.45) is 0 Å². The van der Waals surface area contributed by atoms with E-state index < -0.39 is 5.82 Å². The van der Waals surface area contributed by atoms with Crippen LogP contribution in [0.3, 0.4) is 0 Å². The Labute approximate surface area is 149 Å². The van der Waals surface area contributed by atoms with Gasteiger partial charge in [0, 0.05) is 25.2 Å². The number of nitrogens with zero attached hydrogens (tertiary/aromatic N) is 3. The second-order valence-corrected chi connectivity index (χ2v) is 6.46. The highest BCUT2D eigenvalue weighted by molar-refractivity contribution is 6.06. The fourth-order valence-electron chi connectivity index (χ4n) is 3.48. The summed E-state index contributed by atoms with van der Waals surface area (Å²) in [5, 5.41) is 4.66. The lowest BCUT2D eigenvalue weighted by molar-refractivity contribution is 0.0680. The number of ether oxygens (including phenoxy) is 1. The van der Waals surface area contributed by atoms with Gasteiger partial charge in [-0.15, -0.1) is 0 Å². The first-order valence-corrected chi connectivity index (χ1v) is 8.34. The molecule has 3 aromatic rings. The molecule has 2 atom stereocenters. The molecule has 26 heavy (non-hydrogen) atoms. The highest BCUT2D eigenvalue weighted by atomic mass is 19.1. The fraction of sp³-hybridized carbons (Fsp3) is 0.333. The van der Waals surface area contributed by atoms with Crippen molar-refractivity contribution in [3.8, 4) is 0 Å². The molecule has 0 bridgehead atoms. The maximum Gasteiger partial charge on any atom is 0.258 e. The molecule has 0 aliphatic carbocycles. The zero-order valence-electron chi connectivity index (χ0n) is 14.3. The van der Waals surface area contributed by atoms with E-state index in [1.54, 1.807) is 29.0 Å². The normalized spacial score (nSPS) is 20.2. The summed E-state index contributed by atoms with van der Waals surface area (Å²) in [7, 11) is 1.63. The molecule has 4 rings (SSSR count). The van der Waals surface area contributed by atoms with E-state index in [-0.39, 0.29) is 18.1 Å². The molecule has 1 aromatic carbocycles. The summed E-state index contributed by atoms with van der Waals surface area (Å²) in [4.78, 5) is 14.9. The summed E-state index contributed by atoms with van der Waals surface area (Å²) in [5.41, 5.74) is 6.50. The lowest BCUT2D eigenvalue weighted by Gasteiger charge is -2.24. The van der Waals surface area contributed by atoms with Crippen LogP contribution in [0, 0.1) is 5.82 Å². The SMILES string of the molecule is CO[C@@H]1C[C@@H](Cn2ccc(N)n2)N(C(=O)c2coc3ccc(F)cc23)C1. The molecule has 0 radical (unpaired) electrons. The number of hydrogen-bond donors (Lipinski definition) is 1. The Morgan fingerprint density at radius 1 is 1.46 bits per heavy atom. The monoisotopic (exact) mass is 358 g/mol. The lowest BCUT2D eigenvalue weighted by Crippen LogP contribution is -2.38. The number of aromatic nitrogens is 2. The van der Waals surface area contributed by atoms with Crippen LogP contribution in [0.4, 0.5) is 10.2 Å². The molecule has 136 valence electrons. The predicted octanol–water partition coefficient (Wildman–Crippen LogP) is 2.28. The van der Waals surface area contributed by atoms with Gasteiger partial charge in [-0.3, -0.25) is 9.48 Å². The molecule has 0 saturated carbocycles. The maximum atomic E-state index is 13.6. The minimum atomic E-state index is -0.410. The molecular formula is C18H19FN4O3. The Kier molecular flexibility index (Phi) is 4.12. The molecule has 1 aliphatic rings. The molecule has 2 N–H and O–H groups in total. The van der Waals surface area contributed by atoms with Crippen LogP contribution in [-0.4, -0.2) is 46.4 Å². The minimum Gasteiger partial charge on any atom is -0.463 e. The van der Waals surface area contributed by atoms with Gasteiger partial charge in [0.2, 0.25) is 0 Å². The zero-order valence-corrected chi connectivity index (χ0v) is 14.3. The highest BCUT2D eigenvalue weighted by Crippen LogP contribution is 2.28. The van der Waals surface area contributed by atoms with Gasteiger partial charge in [0.1, 0.15) is 23.5 Å². The molecular weight excluding hydrogens is 339 g/mol. The summed E-state index contributed by atoms with van der Waals surface area (Å²) in [6, 6.07) is 5.75. The quantitative estimate of drug-likeness (QED) is 0.773. The van der Waals surface area contributed by atoms with E-state index in [1.165, 1.54) is 24.5 Å². The maximum absolute atomic E-state index is 13.6. The molecule has 0 unspecified atom stereocenters. The third-order valence-corrected chi connectivity index (χ3v) is 4.80. The van der Waals surface area contributed by atoms with Gasteiger partial charge in [-0.05, 0) is 30.7 Å². The van der Waals surface area contributed by atoms with Crippen molar-refractivity contribution in [2.45, 2.75) is 25.1 Å². The van der Waals surface area contributed by atoms with Crippen LogP contribution in [0.15, 0.2) is 41.1 Å². The largest absolute Gasteiger partial charge is 0.463 e. The number of hydrogen-bond acceptors (Lipinski definition) is 5. The summed E-state index contributed by atoms with van der Waals surface area (Å²) in [6.45, 7) is 0.964. The van der Waals surface area contributed by atoms with Gasteiger partial charge in [0.05, 0.1) is 24.3 Å². The first-order valence-electron chi connectivity index (χ1n) is 8.34. The standard InChI is InChI=1S/C18H19FN4O3/c1-25-13-7-12(8-22-5-4-17(20)21-22)23(9-13)18(24)15-10-26-16-3-2-11(19)6-14(15)16/h2-6,10,12-13H,7-9H2,1H3,(H2,20,21)/t12-,13+/m0/s1. The Bertz CT molecular complexity index is 951. The molecule has 1 saturated heterocycles. The molecule has 1 fully saturated rings. The van der Waals surface area contributed by atoms with E-state index in [0.717, 1.165) is 0 Å². The highest BCUT2D eigenvalue weighted by Gasteiger charge is 2.37. The molecule has 7 nitrogen and oxygen atoms in total. The van der Waals surface area contributed by atoms with Gasteiger partial charge in [0.25, 0.3) is 5.91 Å². The van der Waals surface area contributed by atoms with Crippen molar-refractivity contribution < 1.29 is 18.3 Å². The third kappa shape index (κ3) is 2.92. The van der Waals surface area contributed by atoms with Crippen LogP contribution < -0.4 is 5.73 Å². The van der Waals surface area contributed by atoms with E-state index in [2.05, 4.69) is 5.10 Å². The predicted molar refractivity (Wildman–Crippen MR) is 93.0 cm³/mol. The van der Waals surface area contributed by atoms with E-state index in [0.29, 0.717) is 41.9 Å². The molecule has 2 aromatic heterocycles. The van der Waals surface area contributed by atoms with Crippen LogP contribution in [-0.2, 0) is 11.3 Å². The van der Waals surface area contributed by atoms with Crippen molar-refractivity contribution in [3.05, 3.63) is 48.1 Å². The fourth-order valence-corrected chi connectivity index (χ4v) is 3.48. The first-order chi connectivity index (χ1) is 12.5. The molecule has 3 heterocycles. The Balaban J connectivity index is 1.64. The van der Waals surface area contributed by atoms with E-state index in [4.69, 9.17) is 14.9 Å². The second kappa shape index (κ2) is 6.45. The summed E-state index contributed by atoms with van der Waals surface area (Å²) < 4.78 is 26.2. The number of methoxy groups -OCH3 is 1. The van der Waals surface area contributed by atoms with Gasteiger partial charge < -0.3 is 19.8 Å². The smallest absolute Gasteiger partial charge is 0.258 e. The number of anilines is 1. The van der Waals surface area contributed by atoms with Crippen LogP contribution in [0.2, 0.25) is 0 Å². The van der Waals surface area contributed by atoms with Crippen molar-refractivity contribution in [1.82, 2.24) is 14.7 Å². The van der Waals surface area contributed by atoms with Gasteiger partial charge in [0.15, 0.2) is 0 Å². The molecule has 1 aliphatic heterocycles. The summed E-state index contributed by atoms with van der Waals surface area (Å²) in [5.74, 6) is -0.188. The molecule has 1 amide bonds. The zero-order chi connectivity index (χ0) is 18.3. The van der Waals surface area contributed by atoms with Crippen LogP contribution >= 0.6 is 0 Å². The number of benzene rings is 1. The Morgan fingerprint density at radius 3 is 3.04 bits per heavy atom. The molecule has 0 spiro atoms. The Morgan fingerprint density at radius 2 is 2.31 bits per heavy atom. The van der Waals surface area contributed by atoms with Crippen molar-refractivity contribution >= 4 is 22.7 Å². The van der Waals surface area contributed by atoms with Crippen LogP contribution in [0.5, 0.6) is 0 Å². The van der Waals surface area contributed by atoms with Crippen molar-refractivity contribution in [1.29, 1.82) is 0 Å². The van der Waals surface area contributed by atoms with Crippen molar-refractivity contribution in [3.63, 3.8) is 0 Å². The first kappa shape index (κ1) is 16.6.